The highest BCUT2D eigenvalue weighted by Crippen LogP contribution is 2.33. The van der Waals surface area contributed by atoms with E-state index < -0.39 is 15.6 Å². The molecule has 1 aromatic carbocycles. The van der Waals surface area contributed by atoms with Crippen LogP contribution < -0.4 is 15.8 Å². The number of nitrogens with one attached hydrogen (secondary N) is 2. The molecule has 1 aromatic rings. The molecule has 112 valence electrons. The minimum atomic E-state index is -3.54. The number of aryl methyl sites for hydroxylation is 1. The molecule has 1 aliphatic carbocycles. The fourth-order valence-electron chi connectivity index (χ4n) is 1.69. The Morgan fingerprint density at radius 3 is 2.45 bits per heavy atom. The van der Waals surface area contributed by atoms with Gasteiger partial charge in [0.1, 0.15) is 0 Å². The van der Waals surface area contributed by atoms with Gasteiger partial charge in [-0.2, -0.15) is 0 Å². The maximum atomic E-state index is 11.8. The topological polar surface area (TPSA) is 101 Å². The van der Waals surface area contributed by atoms with Gasteiger partial charge in [-0.1, -0.05) is 6.07 Å². The third-order valence-electron chi connectivity index (χ3n) is 3.25. The van der Waals surface area contributed by atoms with Crippen LogP contribution in [0.5, 0.6) is 0 Å². The predicted molar refractivity (Wildman–Crippen MR) is 79.5 cm³/mol. The number of carbonyl (C=O) groups is 1. The van der Waals surface area contributed by atoms with Crippen LogP contribution in [0, 0.1) is 6.92 Å². The van der Waals surface area contributed by atoms with Crippen LogP contribution in [0.4, 0.5) is 5.69 Å². The number of anilines is 1. The van der Waals surface area contributed by atoms with Gasteiger partial charge in [-0.3, -0.25) is 4.79 Å². The lowest BCUT2D eigenvalue weighted by atomic mass is 10.2. The van der Waals surface area contributed by atoms with Crippen LogP contribution in [0.1, 0.15) is 18.4 Å². The van der Waals surface area contributed by atoms with E-state index in [1.165, 1.54) is 13.1 Å². The van der Waals surface area contributed by atoms with Crippen LogP contribution in [0.15, 0.2) is 23.1 Å². The zero-order chi connectivity index (χ0) is 14.3. The van der Waals surface area contributed by atoms with Crippen molar-refractivity contribution in [1.82, 2.24) is 4.72 Å². The Morgan fingerprint density at radius 2 is 1.95 bits per heavy atom. The first-order valence-corrected chi connectivity index (χ1v) is 7.41. The van der Waals surface area contributed by atoms with Crippen molar-refractivity contribution in [2.45, 2.75) is 30.2 Å². The summed E-state index contributed by atoms with van der Waals surface area (Å²) in [7, 11) is -2.19. The van der Waals surface area contributed by atoms with E-state index >= 15 is 0 Å². The lowest BCUT2D eigenvalue weighted by Gasteiger charge is -2.12. The minimum absolute atomic E-state index is 0. The second-order valence-electron chi connectivity index (χ2n) is 4.80. The lowest BCUT2D eigenvalue weighted by Crippen LogP contribution is -2.37. The molecular formula is C12H18ClN3O3S. The molecule has 8 heteroatoms. The summed E-state index contributed by atoms with van der Waals surface area (Å²) in [5.74, 6) is -0.274. The highest BCUT2D eigenvalue weighted by molar-refractivity contribution is 7.89. The second-order valence-corrected chi connectivity index (χ2v) is 6.65. The molecule has 6 nitrogen and oxygen atoms in total. The van der Waals surface area contributed by atoms with Crippen LogP contribution in [0.2, 0.25) is 0 Å². The third-order valence-corrected chi connectivity index (χ3v) is 4.80. The van der Waals surface area contributed by atoms with E-state index in [0.717, 1.165) is 0 Å². The Kier molecular flexibility index (Phi) is 4.81. The normalized spacial score (nSPS) is 16.1. The molecule has 4 N–H and O–H groups in total. The van der Waals surface area contributed by atoms with Crippen molar-refractivity contribution in [3.8, 4) is 0 Å². The van der Waals surface area contributed by atoms with Gasteiger partial charge in [-0.05, 0) is 44.5 Å². The third kappa shape index (κ3) is 3.29. The summed E-state index contributed by atoms with van der Waals surface area (Å²) >= 11 is 0. The van der Waals surface area contributed by atoms with Gasteiger partial charge in [0.2, 0.25) is 15.9 Å². The molecule has 2 rings (SSSR count). The Bertz CT molecular complexity index is 627. The first-order chi connectivity index (χ1) is 8.78. The van der Waals surface area contributed by atoms with E-state index in [4.69, 9.17) is 5.73 Å². The Labute approximate surface area is 124 Å². The van der Waals surface area contributed by atoms with Gasteiger partial charge in [-0.25, -0.2) is 13.1 Å². The van der Waals surface area contributed by atoms with Crippen molar-refractivity contribution in [1.29, 1.82) is 0 Å². The molecular weight excluding hydrogens is 302 g/mol. The van der Waals surface area contributed by atoms with E-state index in [1.807, 2.05) is 0 Å². The van der Waals surface area contributed by atoms with Gasteiger partial charge in [0, 0.05) is 5.69 Å². The molecule has 0 saturated heterocycles. The molecule has 0 unspecified atom stereocenters. The highest BCUT2D eigenvalue weighted by atomic mass is 35.5. The summed E-state index contributed by atoms with van der Waals surface area (Å²) in [5.41, 5.74) is 6.03. The summed E-state index contributed by atoms with van der Waals surface area (Å²) < 4.78 is 25.9. The van der Waals surface area contributed by atoms with Crippen LogP contribution in [0.3, 0.4) is 0 Å². The van der Waals surface area contributed by atoms with Crippen molar-refractivity contribution >= 4 is 34.0 Å². The number of rotatable bonds is 4. The Balaban J connectivity index is 0.00000200. The second kappa shape index (κ2) is 5.69. The van der Waals surface area contributed by atoms with Crippen molar-refractivity contribution in [3.63, 3.8) is 0 Å². The van der Waals surface area contributed by atoms with E-state index in [0.29, 0.717) is 24.1 Å². The van der Waals surface area contributed by atoms with E-state index in [2.05, 4.69) is 10.0 Å². The van der Waals surface area contributed by atoms with Gasteiger partial charge in [0.25, 0.3) is 0 Å². The van der Waals surface area contributed by atoms with Gasteiger partial charge < -0.3 is 11.1 Å². The Morgan fingerprint density at radius 1 is 1.35 bits per heavy atom. The maximum absolute atomic E-state index is 11.8. The molecule has 1 saturated carbocycles. The number of sulfonamides is 1. The maximum Gasteiger partial charge on any atom is 0.244 e. The molecule has 1 fully saturated rings. The SMILES string of the molecule is CNS(=O)(=O)c1cc(NC(=O)C2(N)CC2)ccc1C.Cl. The average molecular weight is 320 g/mol. The lowest BCUT2D eigenvalue weighted by molar-refractivity contribution is -0.118. The molecule has 0 aliphatic heterocycles. The van der Waals surface area contributed by atoms with E-state index in [-0.39, 0.29) is 23.2 Å². The number of hydrogen-bond acceptors (Lipinski definition) is 4. The van der Waals surface area contributed by atoms with Crippen LogP contribution >= 0.6 is 12.4 Å². The molecule has 0 aromatic heterocycles. The van der Waals surface area contributed by atoms with Crippen molar-refractivity contribution < 1.29 is 13.2 Å². The van der Waals surface area contributed by atoms with Gasteiger partial charge in [0.15, 0.2) is 0 Å². The summed E-state index contributed by atoms with van der Waals surface area (Å²) in [4.78, 5) is 12.0. The Hall–Kier alpha value is -1.15. The largest absolute Gasteiger partial charge is 0.324 e. The molecule has 0 heterocycles. The average Bonchev–Trinajstić information content (AvgIpc) is 3.11. The predicted octanol–water partition coefficient (Wildman–Crippen LogP) is 0.755. The molecule has 0 atom stereocenters. The van der Waals surface area contributed by atoms with E-state index in [9.17, 15) is 13.2 Å². The molecule has 20 heavy (non-hydrogen) atoms. The molecule has 0 radical (unpaired) electrons. The fourth-order valence-corrected chi connectivity index (χ4v) is 2.69. The van der Waals surface area contributed by atoms with Crippen LogP contribution in [-0.4, -0.2) is 26.9 Å². The monoisotopic (exact) mass is 319 g/mol. The number of carbonyl (C=O) groups excluding carboxylic acids is 1. The summed E-state index contributed by atoms with van der Waals surface area (Å²) in [5, 5.41) is 2.65. The number of hydrogen-bond donors (Lipinski definition) is 3. The van der Waals surface area contributed by atoms with Crippen molar-refractivity contribution in [2.75, 3.05) is 12.4 Å². The zero-order valence-electron chi connectivity index (χ0n) is 11.3. The smallest absolute Gasteiger partial charge is 0.244 e. The minimum Gasteiger partial charge on any atom is -0.324 e. The van der Waals surface area contributed by atoms with Crippen molar-refractivity contribution in [3.05, 3.63) is 23.8 Å². The number of halogens is 1. The van der Waals surface area contributed by atoms with Gasteiger partial charge in [-0.15, -0.1) is 12.4 Å². The fraction of sp³-hybridized carbons (Fsp3) is 0.417. The highest BCUT2D eigenvalue weighted by Gasteiger charge is 2.45. The van der Waals surface area contributed by atoms with Crippen LogP contribution in [0.25, 0.3) is 0 Å². The zero-order valence-corrected chi connectivity index (χ0v) is 12.9. The first kappa shape index (κ1) is 16.9. The summed E-state index contributed by atoms with van der Waals surface area (Å²) in [6.07, 6.45) is 1.32. The van der Waals surface area contributed by atoms with Gasteiger partial charge >= 0.3 is 0 Å². The van der Waals surface area contributed by atoms with Gasteiger partial charge in [0.05, 0.1) is 10.4 Å². The molecule has 0 bridgehead atoms. The van der Waals surface area contributed by atoms with Crippen LogP contribution in [-0.2, 0) is 14.8 Å². The molecule has 0 spiro atoms. The summed E-state index contributed by atoms with van der Waals surface area (Å²) in [6, 6.07) is 4.74. The number of amides is 1. The number of benzene rings is 1. The number of nitrogens with two attached hydrogens (primary N) is 1. The summed E-state index contributed by atoms with van der Waals surface area (Å²) in [6.45, 7) is 1.70. The molecule has 1 aliphatic rings. The standard InChI is InChI=1S/C12H17N3O3S.ClH/c1-8-3-4-9(7-10(8)19(17,18)14-2)15-11(16)12(13)5-6-12;/h3-4,7,14H,5-6,13H2,1-2H3,(H,15,16);1H. The van der Waals surface area contributed by atoms with E-state index in [1.54, 1.807) is 19.1 Å². The van der Waals surface area contributed by atoms with Crippen molar-refractivity contribution in [2.24, 2.45) is 5.73 Å². The quantitative estimate of drug-likeness (QED) is 0.762. The molecule has 1 amide bonds. The first-order valence-electron chi connectivity index (χ1n) is 5.93.